The van der Waals surface area contributed by atoms with E-state index in [1.165, 1.54) is 0 Å². The summed E-state index contributed by atoms with van der Waals surface area (Å²) < 4.78 is 13.9. The molecule has 0 amide bonds. The van der Waals surface area contributed by atoms with Gasteiger partial charge in [-0.2, -0.15) is 0 Å². The summed E-state index contributed by atoms with van der Waals surface area (Å²) in [7, 11) is 0. The highest BCUT2D eigenvalue weighted by Crippen LogP contribution is 2.22. The van der Waals surface area contributed by atoms with Gasteiger partial charge in [0.15, 0.2) is 0 Å². The predicted molar refractivity (Wildman–Crippen MR) is 55.8 cm³/mol. The van der Waals surface area contributed by atoms with Crippen molar-refractivity contribution in [3.8, 4) is 0 Å². The third-order valence-electron chi connectivity index (χ3n) is 2.52. The van der Waals surface area contributed by atoms with Crippen LogP contribution in [0, 0.1) is 12.7 Å². The average Bonchev–Trinajstić information content (AvgIpc) is 2.18. The summed E-state index contributed by atoms with van der Waals surface area (Å²) in [6.45, 7) is 3.89. The van der Waals surface area contributed by atoms with Crippen LogP contribution in [0.25, 0.3) is 10.9 Å². The molecule has 0 aliphatic heterocycles. The first-order valence-corrected chi connectivity index (χ1v) is 4.76. The minimum atomic E-state index is -0.115. The van der Waals surface area contributed by atoms with Gasteiger partial charge in [0.1, 0.15) is 5.82 Å². The Morgan fingerprint density at radius 1 is 1.43 bits per heavy atom. The lowest BCUT2D eigenvalue weighted by Gasteiger charge is -2.07. The van der Waals surface area contributed by atoms with Crippen molar-refractivity contribution in [3.63, 3.8) is 0 Å². The van der Waals surface area contributed by atoms with E-state index in [9.17, 15) is 4.39 Å². The van der Waals surface area contributed by atoms with E-state index in [0.29, 0.717) is 5.39 Å². The van der Waals surface area contributed by atoms with Crippen molar-refractivity contribution in [2.45, 2.75) is 20.3 Å². The van der Waals surface area contributed by atoms with Crippen molar-refractivity contribution in [1.82, 2.24) is 4.98 Å². The van der Waals surface area contributed by atoms with Gasteiger partial charge in [-0.3, -0.25) is 4.98 Å². The molecule has 0 radical (unpaired) electrons. The molecule has 0 N–H and O–H groups in total. The molecule has 1 aromatic carbocycles. The van der Waals surface area contributed by atoms with Crippen LogP contribution in [0.2, 0.25) is 0 Å². The van der Waals surface area contributed by atoms with E-state index in [2.05, 4.69) is 4.98 Å². The molecule has 1 heterocycles. The number of aromatic nitrogens is 1. The summed E-state index contributed by atoms with van der Waals surface area (Å²) in [6, 6.07) is 5.48. The smallest absolute Gasteiger partial charge is 0.136 e. The summed E-state index contributed by atoms with van der Waals surface area (Å²) >= 11 is 0. The maximum Gasteiger partial charge on any atom is 0.136 e. The number of fused-ring (bicyclic) bond motifs is 1. The van der Waals surface area contributed by atoms with E-state index < -0.39 is 0 Å². The van der Waals surface area contributed by atoms with Gasteiger partial charge < -0.3 is 0 Å². The Morgan fingerprint density at radius 3 is 2.93 bits per heavy atom. The molecule has 0 aliphatic carbocycles. The molecule has 2 heteroatoms. The van der Waals surface area contributed by atoms with Gasteiger partial charge >= 0.3 is 0 Å². The van der Waals surface area contributed by atoms with Crippen LogP contribution < -0.4 is 0 Å². The predicted octanol–water partition coefficient (Wildman–Crippen LogP) is 3.24. The van der Waals surface area contributed by atoms with Gasteiger partial charge in [-0.05, 0) is 42.7 Å². The lowest BCUT2D eigenvalue weighted by Crippen LogP contribution is -1.95. The fraction of sp³-hybridized carbons (Fsp3) is 0.250. The van der Waals surface area contributed by atoms with E-state index in [-0.39, 0.29) is 5.82 Å². The highest BCUT2D eigenvalue weighted by atomic mass is 19.1. The molecule has 0 spiro atoms. The van der Waals surface area contributed by atoms with Crippen molar-refractivity contribution in [2.75, 3.05) is 0 Å². The second-order valence-corrected chi connectivity index (χ2v) is 3.41. The van der Waals surface area contributed by atoms with Crippen LogP contribution in [-0.2, 0) is 6.42 Å². The lowest BCUT2D eigenvalue weighted by atomic mass is 10.0. The van der Waals surface area contributed by atoms with Crippen LogP contribution in [0.3, 0.4) is 0 Å². The zero-order valence-corrected chi connectivity index (χ0v) is 8.34. The molecule has 0 unspecified atom stereocenters. The Kier molecular flexibility index (Phi) is 2.20. The maximum absolute atomic E-state index is 13.9. The van der Waals surface area contributed by atoms with Crippen LogP contribution in [0.4, 0.5) is 4.39 Å². The zero-order valence-electron chi connectivity index (χ0n) is 8.34. The van der Waals surface area contributed by atoms with E-state index in [4.69, 9.17) is 0 Å². The minimum absolute atomic E-state index is 0.115. The molecule has 2 aromatic rings. The van der Waals surface area contributed by atoms with Gasteiger partial charge in [0.25, 0.3) is 0 Å². The van der Waals surface area contributed by atoms with Gasteiger partial charge in [0, 0.05) is 11.6 Å². The molecule has 2 rings (SSSR count). The molecule has 1 nitrogen and oxygen atoms in total. The van der Waals surface area contributed by atoms with Gasteiger partial charge in [0.05, 0.1) is 5.52 Å². The highest BCUT2D eigenvalue weighted by Gasteiger charge is 2.09. The maximum atomic E-state index is 13.9. The Bertz CT molecular complexity index is 477. The molecule has 0 fully saturated rings. The molecule has 0 aliphatic rings. The second kappa shape index (κ2) is 3.37. The summed E-state index contributed by atoms with van der Waals surface area (Å²) in [4.78, 5) is 4.14. The fourth-order valence-corrected chi connectivity index (χ4v) is 1.78. The number of nitrogens with zero attached hydrogens (tertiary/aromatic N) is 1. The number of hydrogen-bond donors (Lipinski definition) is 0. The summed E-state index contributed by atoms with van der Waals surface area (Å²) in [6.07, 6.45) is 2.41. The van der Waals surface area contributed by atoms with Crippen molar-refractivity contribution in [1.29, 1.82) is 0 Å². The van der Waals surface area contributed by atoms with Crippen LogP contribution in [0.15, 0.2) is 24.4 Å². The third kappa shape index (κ3) is 1.27. The molecular weight excluding hydrogens is 177 g/mol. The van der Waals surface area contributed by atoms with Gasteiger partial charge in [-0.25, -0.2) is 4.39 Å². The number of aryl methyl sites for hydroxylation is 1. The topological polar surface area (TPSA) is 12.9 Å². The number of halogens is 1. The minimum Gasteiger partial charge on any atom is -0.256 e. The normalized spacial score (nSPS) is 10.8. The van der Waals surface area contributed by atoms with Crippen LogP contribution in [-0.4, -0.2) is 4.98 Å². The second-order valence-electron chi connectivity index (χ2n) is 3.41. The Morgan fingerprint density at radius 2 is 2.21 bits per heavy atom. The summed E-state index contributed by atoms with van der Waals surface area (Å²) in [5.74, 6) is -0.115. The average molecular weight is 189 g/mol. The first-order chi connectivity index (χ1) is 6.74. The molecule has 1 aromatic heterocycles. The molecule has 14 heavy (non-hydrogen) atoms. The number of pyridine rings is 1. The van der Waals surface area contributed by atoms with E-state index >= 15 is 0 Å². The SMILES string of the molecule is CCc1c(C)cc2ncccc2c1F. The van der Waals surface area contributed by atoms with Crippen LogP contribution >= 0.6 is 0 Å². The largest absolute Gasteiger partial charge is 0.256 e. The number of hydrogen-bond acceptors (Lipinski definition) is 1. The van der Waals surface area contributed by atoms with Crippen LogP contribution in [0.5, 0.6) is 0 Å². The Labute approximate surface area is 82.6 Å². The third-order valence-corrected chi connectivity index (χ3v) is 2.52. The molecule has 0 atom stereocenters. The van der Waals surface area contributed by atoms with E-state index in [1.54, 1.807) is 18.3 Å². The standard InChI is InChI=1S/C12H12FN/c1-3-9-8(2)7-11-10(12(9)13)5-4-6-14-11/h4-7H,3H2,1-2H3. The molecule has 72 valence electrons. The zero-order chi connectivity index (χ0) is 10.1. The number of benzene rings is 1. The molecule has 0 saturated heterocycles. The lowest BCUT2D eigenvalue weighted by molar-refractivity contribution is 0.622. The molecular formula is C12H12FN. The Balaban J connectivity index is 2.86. The van der Waals surface area contributed by atoms with Gasteiger partial charge in [0.2, 0.25) is 0 Å². The van der Waals surface area contributed by atoms with Crippen molar-refractivity contribution in [2.24, 2.45) is 0 Å². The van der Waals surface area contributed by atoms with Crippen molar-refractivity contribution in [3.05, 3.63) is 41.3 Å². The summed E-state index contributed by atoms with van der Waals surface area (Å²) in [5.41, 5.74) is 2.52. The number of rotatable bonds is 1. The first kappa shape index (κ1) is 9.13. The van der Waals surface area contributed by atoms with Gasteiger partial charge in [-0.15, -0.1) is 0 Å². The van der Waals surface area contributed by atoms with Crippen molar-refractivity contribution >= 4 is 10.9 Å². The fourth-order valence-electron chi connectivity index (χ4n) is 1.78. The van der Waals surface area contributed by atoms with Gasteiger partial charge in [-0.1, -0.05) is 6.92 Å². The molecule has 0 saturated carbocycles. The Hall–Kier alpha value is -1.44. The van der Waals surface area contributed by atoms with E-state index in [0.717, 1.165) is 23.1 Å². The van der Waals surface area contributed by atoms with Crippen LogP contribution in [0.1, 0.15) is 18.1 Å². The highest BCUT2D eigenvalue weighted by molar-refractivity contribution is 5.80. The summed E-state index contributed by atoms with van der Waals surface area (Å²) in [5, 5.41) is 0.620. The molecule has 0 bridgehead atoms. The van der Waals surface area contributed by atoms with E-state index in [1.807, 2.05) is 19.9 Å². The monoisotopic (exact) mass is 189 g/mol. The first-order valence-electron chi connectivity index (χ1n) is 4.76. The van der Waals surface area contributed by atoms with Crippen molar-refractivity contribution < 1.29 is 4.39 Å². The quantitative estimate of drug-likeness (QED) is 0.671.